The lowest BCUT2D eigenvalue weighted by atomic mass is 10.0. The van der Waals surface area contributed by atoms with Gasteiger partial charge in [-0.25, -0.2) is 0 Å². The Morgan fingerprint density at radius 3 is 2.96 bits per heavy atom. The number of aromatic nitrogens is 1. The zero-order valence-corrected chi connectivity index (χ0v) is 13.9. The first-order chi connectivity index (χ1) is 11.7. The van der Waals surface area contributed by atoms with Gasteiger partial charge in [0.05, 0.1) is 6.61 Å². The van der Waals surface area contributed by atoms with Crippen LogP contribution in [0, 0.1) is 0 Å². The van der Waals surface area contributed by atoms with Gasteiger partial charge >= 0.3 is 0 Å². The number of fused-ring (bicyclic) bond motifs is 3. The quantitative estimate of drug-likeness (QED) is 0.767. The van der Waals surface area contributed by atoms with Gasteiger partial charge in [-0.3, -0.25) is 4.90 Å². The third kappa shape index (κ3) is 2.74. The van der Waals surface area contributed by atoms with Gasteiger partial charge in [0, 0.05) is 36.2 Å². The number of phenolic OH excluding ortho intramolecular Hbond substituents is 1. The van der Waals surface area contributed by atoms with E-state index in [0.29, 0.717) is 12.4 Å². The molecule has 0 amide bonds. The molecular formula is C20H22N2O2. The first-order valence-corrected chi connectivity index (χ1v) is 8.50. The standard InChI is InChI=1S/C20H22N2O2/c1-2-24-20-11-14(7-8-19(20)23)12-22-10-9-16-15-5-3-4-6-17(15)21-18(16)13-22/h3-8,11,21,23H,2,9-10,12-13H2,1H3. The SMILES string of the molecule is CCOc1cc(CN2CCc3c([nH]c4ccccc34)C2)ccc1O. The van der Waals surface area contributed by atoms with Crippen LogP contribution in [0.1, 0.15) is 23.7 Å². The lowest BCUT2D eigenvalue weighted by Crippen LogP contribution is -2.29. The summed E-state index contributed by atoms with van der Waals surface area (Å²) < 4.78 is 5.49. The summed E-state index contributed by atoms with van der Waals surface area (Å²) >= 11 is 0. The summed E-state index contributed by atoms with van der Waals surface area (Å²) in [7, 11) is 0. The molecule has 0 unspecified atom stereocenters. The summed E-state index contributed by atoms with van der Waals surface area (Å²) in [6.07, 6.45) is 1.07. The molecule has 2 heterocycles. The summed E-state index contributed by atoms with van der Waals surface area (Å²) in [5.74, 6) is 0.774. The molecule has 124 valence electrons. The third-order valence-corrected chi connectivity index (χ3v) is 4.69. The monoisotopic (exact) mass is 322 g/mol. The molecule has 3 aromatic rings. The summed E-state index contributed by atoms with van der Waals surface area (Å²) in [6, 6.07) is 14.2. The highest BCUT2D eigenvalue weighted by molar-refractivity contribution is 5.84. The molecule has 0 aliphatic carbocycles. The van der Waals surface area contributed by atoms with Crippen molar-refractivity contribution in [3.63, 3.8) is 0 Å². The van der Waals surface area contributed by atoms with E-state index in [9.17, 15) is 5.11 Å². The van der Waals surface area contributed by atoms with Gasteiger partial charge in [-0.15, -0.1) is 0 Å². The number of hydrogen-bond acceptors (Lipinski definition) is 3. The lowest BCUT2D eigenvalue weighted by molar-refractivity contribution is 0.242. The van der Waals surface area contributed by atoms with Crippen molar-refractivity contribution in [3.8, 4) is 11.5 Å². The van der Waals surface area contributed by atoms with Crippen LogP contribution in [0.25, 0.3) is 10.9 Å². The summed E-state index contributed by atoms with van der Waals surface area (Å²) in [5.41, 5.74) is 5.18. The molecule has 1 aliphatic rings. The van der Waals surface area contributed by atoms with Crippen LogP contribution in [-0.4, -0.2) is 28.1 Å². The number of nitrogens with one attached hydrogen (secondary N) is 1. The number of phenols is 1. The number of para-hydroxylation sites is 1. The van der Waals surface area contributed by atoms with E-state index in [0.717, 1.165) is 31.6 Å². The number of nitrogens with zero attached hydrogens (tertiary/aromatic N) is 1. The maximum Gasteiger partial charge on any atom is 0.161 e. The fourth-order valence-electron chi connectivity index (χ4n) is 3.57. The van der Waals surface area contributed by atoms with E-state index in [2.05, 4.69) is 34.1 Å². The Morgan fingerprint density at radius 2 is 2.08 bits per heavy atom. The van der Waals surface area contributed by atoms with Crippen molar-refractivity contribution >= 4 is 10.9 Å². The lowest BCUT2D eigenvalue weighted by Gasteiger charge is -2.27. The summed E-state index contributed by atoms with van der Waals surface area (Å²) in [5, 5.41) is 11.2. The third-order valence-electron chi connectivity index (χ3n) is 4.69. The number of aromatic amines is 1. The van der Waals surface area contributed by atoms with Crippen molar-refractivity contribution in [3.05, 3.63) is 59.3 Å². The molecule has 1 aliphatic heterocycles. The largest absolute Gasteiger partial charge is 0.504 e. The van der Waals surface area contributed by atoms with Crippen molar-refractivity contribution in [2.24, 2.45) is 0 Å². The number of aromatic hydroxyl groups is 1. The molecule has 4 rings (SSSR count). The minimum absolute atomic E-state index is 0.206. The molecule has 2 aromatic carbocycles. The zero-order valence-electron chi connectivity index (χ0n) is 13.9. The van der Waals surface area contributed by atoms with E-state index in [1.807, 2.05) is 19.1 Å². The van der Waals surface area contributed by atoms with Crippen molar-refractivity contribution in [1.82, 2.24) is 9.88 Å². The smallest absolute Gasteiger partial charge is 0.161 e. The van der Waals surface area contributed by atoms with Crippen LogP contribution in [0.4, 0.5) is 0 Å². The number of benzene rings is 2. The van der Waals surface area contributed by atoms with Gasteiger partial charge < -0.3 is 14.8 Å². The van der Waals surface area contributed by atoms with Crippen molar-refractivity contribution in [2.45, 2.75) is 26.4 Å². The fourth-order valence-corrected chi connectivity index (χ4v) is 3.57. The van der Waals surface area contributed by atoms with E-state index in [1.165, 1.54) is 22.2 Å². The van der Waals surface area contributed by atoms with Crippen LogP contribution in [0.2, 0.25) is 0 Å². The van der Waals surface area contributed by atoms with Crippen LogP contribution < -0.4 is 4.74 Å². The Morgan fingerprint density at radius 1 is 1.21 bits per heavy atom. The Bertz CT molecular complexity index is 869. The second kappa shape index (κ2) is 6.21. The zero-order chi connectivity index (χ0) is 16.5. The molecule has 0 atom stereocenters. The van der Waals surface area contributed by atoms with E-state index in [1.54, 1.807) is 6.07 Å². The minimum Gasteiger partial charge on any atom is -0.504 e. The van der Waals surface area contributed by atoms with Gasteiger partial charge in [-0.05, 0) is 42.7 Å². The number of hydrogen-bond donors (Lipinski definition) is 2. The first kappa shape index (κ1) is 15.1. The van der Waals surface area contributed by atoms with Crippen LogP contribution in [0.3, 0.4) is 0 Å². The van der Waals surface area contributed by atoms with Crippen LogP contribution in [-0.2, 0) is 19.5 Å². The van der Waals surface area contributed by atoms with E-state index in [4.69, 9.17) is 4.74 Å². The van der Waals surface area contributed by atoms with Gasteiger partial charge in [-0.1, -0.05) is 24.3 Å². The van der Waals surface area contributed by atoms with Crippen LogP contribution in [0.15, 0.2) is 42.5 Å². The molecule has 0 radical (unpaired) electrons. The molecule has 0 saturated carbocycles. The Labute approximate surface area is 141 Å². The maximum atomic E-state index is 9.84. The Kier molecular flexibility index (Phi) is 3.90. The van der Waals surface area contributed by atoms with E-state index in [-0.39, 0.29) is 5.75 Å². The van der Waals surface area contributed by atoms with Crippen LogP contribution >= 0.6 is 0 Å². The van der Waals surface area contributed by atoms with E-state index < -0.39 is 0 Å². The van der Waals surface area contributed by atoms with Crippen molar-refractivity contribution < 1.29 is 9.84 Å². The minimum atomic E-state index is 0.206. The molecule has 2 N–H and O–H groups in total. The van der Waals surface area contributed by atoms with E-state index >= 15 is 0 Å². The number of H-pyrrole nitrogens is 1. The average Bonchev–Trinajstić information content (AvgIpc) is 2.96. The molecule has 0 fully saturated rings. The molecule has 0 bridgehead atoms. The predicted octanol–water partition coefficient (Wildman–Crippen LogP) is 3.83. The highest BCUT2D eigenvalue weighted by Crippen LogP contribution is 2.30. The van der Waals surface area contributed by atoms with Gasteiger partial charge in [0.2, 0.25) is 0 Å². The van der Waals surface area contributed by atoms with Gasteiger partial charge in [0.1, 0.15) is 0 Å². The first-order valence-electron chi connectivity index (χ1n) is 8.50. The molecular weight excluding hydrogens is 300 g/mol. The highest BCUT2D eigenvalue weighted by Gasteiger charge is 2.20. The molecule has 4 nitrogen and oxygen atoms in total. The Balaban J connectivity index is 1.54. The molecule has 4 heteroatoms. The molecule has 0 saturated heterocycles. The van der Waals surface area contributed by atoms with Gasteiger partial charge in [0.25, 0.3) is 0 Å². The second-order valence-electron chi connectivity index (χ2n) is 6.32. The highest BCUT2D eigenvalue weighted by atomic mass is 16.5. The number of rotatable bonds is 4. The number of ether oxygens (including phenoxy) is 1. The average molecular weight is 322 g/mol. The summed E-state index contributed by atoms with van der Waals surface area (Å²) in [6.45, 7) is 5.30. The second-order valence-corrected chi connectivity index (χ2v) is 6.32. The van der Waals surface area contributed by atoms with Crippen molar-refractivity contribution in [2.75, 3.05) is 13.2 Å². The Hall–Kier alpha value is -2.46. The van der Waals surface area contributed by atoms with Crippen LogP contribution in [0.5, 0.6) is 11.5 Å². The predicted molar refractivity (Wildman–Crippen MR) is 95.4 cm³/mol. The normalized spacial score (nSPS) is 14.7. The molecule has 1 aromatic heterocycles. The fraction of sp³-hybridized carbons (Fsp3) is 0.300. The van der Waals surface area contributed by atoms with Crippen molar-refractivity contribution in [1.29, 1.82) is 0 Å². The molecule has 0 spiro atoms. The van der Waals surface area contributed by atoms with Gasteiger partial charge in [0.15, 0.2) is 11.5 Å². The van der Waals surface area contributed by atoms with Gasteiger partial charge in [-0.2, -0.15) is 0 Å². The maximum absolute atomic E-state index is 9.84. The topological polar surface area (TPSA) is 48.5 Å². The molecule has 24 heavy (non-hydrogen) atoms. The summed E-state index contributed by atoms with van der Waals surface area (Å²) in [4.78, 5) is 6.00.